The van der Waals surface area contributed by atoms with Crippen LogP contribution in [-0.4, -0.2) is 13.0 Å². The standard InChI is InChI=1S/C24H23NO2/c1-18(20-13-15-22(27-2)16-14-20)25-24(26)23(21-11-7-4-8-12-21)17-19-9-5-3-6-10-19/h3-18H,1-2H3,(H,25,26)/b23-17+/t18-/m1/s1. The molecule has 0 aliphatic heterocycles. The molecule has 136 valence electrons. The van der Waals surface area contributed by atoms with Gasteiger partial charge in [0.05, 0.1) is 13.2 Å². The Morgan fingerprint density at radius 3 is 2.07 bits per heavy atom. The number of hydrogen-bond acceptors (Lipinski definition) is 2. The summed E-state index contributed by atoms with van der Waals surface area (Å²) in [5.74, 6) is 0.694. The molecular formula is C24H23NO2. The molecule has 0 aliphatic rings. The van der Waals surface area contributed by atoms with Crippen molar-refractivity contribution in [2.75, 3.05) is 7.11 Å². The van der Waals surface area contributed by atoms with Crippen LogP contribution < -0.4 is 10.1 Å². The number of ether oxygens (including phenoxy) is 1. The van der Waals surface area contributed by atoms with Gasteiger partial charge < -0.3 is 10.1 Å². The van der Waals surface area contributed by atoms with E-state index < -0.39 is 0 Å². The number of hydrogen-bond donors (Lipinski definition) is 1. The van der Waals surface area contributed by atoms with Gasteiger partial charge in [0, 0.05) is 5.57 Å². The average Bonchev–Trinajstić information content (AvgIpc) is 2.73. The molecule has 1 atom stereocenters. The van der Waals surface area contributed by atoms with Crippen molar-refractivity contribution in [1.29, 1.82) is 0 Å². The summed E-state index contributed by atoms with van der Waals surface area (Å²) in [6.45, 7) is 1.98. The highest BCUT2D eigenvalue weighted by Crippen LogP contribution is 2.22. The molecule has 0 unspecified atom stereocenters. The van der Waals surface area contributed by atoms with E-state index >= 15 is 0 Å². The zero-order valence-corrected chi connectivity index (χ0v) is 15.6. The minimum absolute atomic E-state index is 0.103. The summed E-state index contributed by atoms with van der Waals surface area (Å²) in [6.07, 6.45) is 1.92. The monoisotopic (exact) mass is 357 g/mol. The first kappa shape index (κ1) is 18.5. The van der Waals surface area contributed by atoms with Gasteiger partial charge in [-0.1, -0.05) is 72.8 Å². The largest absolute Gasteiger partial charge is 0.497 e. The maximum atomic E-state index is 13.1. The van der Waals surface area contributed by atoms with Gasteiger partial charge in [0.2, 0.25) is 0 Å². The van der Waals surface area contributed by atoms with E-state index in [9.17, 15) is 4.79 Å². The fraction of sp³-hybridized carbons (Fsp3) is 0.125. The molecule has 0 saturated carbocycles. The predicted molar refractivity (Wildman–Crippen MR) is 110 cm³/mol. The van der Waals surface area contributed by atoms with Crippen LogP contribution in [0.15, 0.2) is 84.9 Å². The Balaban J connectivity index is 1.85. The summed E-state index contributed by atoms with van der Waals surface area (Å²) in [4.78, 5) is 13.1. The van der Waals surface area contributed by atoms with Crippen LogP contribution in [0, 0.1) is 0 Å². The van der Waals surface area contributed by atoms with Crippen LogP contribution in [0.3, 0.4) is 0 Å². The van der Waals surface area contributed by atoms with E-state index in [-0.39, 0.29) is 11.9 Å². The minimum atomic E-state index is -0.119. The first-order valence-corrected chi connectivity index (χ1v) is 8.94. The highest BCUT2D eigenvalue weighted by Gasteiger charge is 2.15. The van der Waals surface area contributed by atoms with E-state index in [1.54, 1.807) is 7.11 Å². The van der Waals surface area contributed by atoms with Crippen molar-refractivity contribution in [2.24, 2.45) is 0 Å². The van der Waals surface area contributed by atoms with Gasteiger partial charge in [-0.25, -0.2) is 0 Å². The Hall–Kier alpha value is -3.33. The number of methoxy groups -OCH3 is 1. The lowest BCUT2D eigenvalue weighted by Gasteiger charge is -2.17. The van der Waals surface area contributed by atoms with Crippen LogP contribution >= 0.6 is 0 Å². The van der Waals surface area contributed by atoms with Crippen LogP contribution in [0.5, 0.6) is 5.75 Å². The first-order chi connectivity index (χ1) is 13.2. The number of benzene rings is 3. The predicted octanol–water partition coefficient (Wildman–Crippen LogP) is 5.11. The van der Waals surface area contributed by atoms with E-state index in [0.717, 1.165) is 22.4 Å². The Morgan fingerprint density at radius 1 is 0.889 bits per heavy atom. The molecule has 3 nitrogen and oxygen atoms in total. The zero-order chi connectivity index (χ0) is 19.1. The summed E-state index contributed by atoms with van der Waals surface area (Å²) in [5, 5.41) is 3.10. The Kier molecular flexibility index (Phi) is 6.06. The van der Waals surface area contributed by atoms with Gasteiger partial charge >= 0.3 is 0 Å². The van der Waals surface area contributed by atoms with Gasteiger partial charge in [0.25, 0.3) is 5.91 Å². The number of carbonyl (C=O) groups excluding carboxylic acids is 1. The molecule has 1 N–H and O–H groups in total. The van der Waals surface area contributed by atoms with Gasteiger partial charge in [-0.2, -0.15) is 0 Å². The summed E-state index contributed by atoms with van der Waals surface area (Å²) in [5.41, 5.74) is 3.54. The molecule has 0 aromatic heterocycles. The van der Waals surface area contributed by atoms with E-state index in [4.69, 9.17) is 4.74 Å². The van der Waals surface area contributed by atoms with Crippen LogP contribution in [0.1, 0.15) is 29.7 Å². The third-order valence-electron chi connectivity index (χ3n) is 4.40. The van der Waals surface area contributed by atoms with Crippen molar-refractivity contribution < 1.29 is 9.53 Å². The molecule has 27 heavy (non-hydrogen) atoms. The van der Waals surface area contributed by atoms with Gasteiger partial charge in [0.1, 0.15) is 5.75 Å². The van der Waals surface area contributed by atoms with Crippen molar-refractivity contribution >= 4 is 17.6 Å². The topological polar surface area (TPSA) is 38.3 Å². The second kappa shape index (κ2) is 8.86. The molecule has 0 heterocycles. The summed E-state index contributed by atoms with van der Waals surface area (Å²) in [6, 6.07) is 27.2. The normalized spacial score (nSPS) is 12.3. The third kappa shape index (κ3) is 4.85. The SMILES string of the molecule is COc1ccc([C@@H](C)NC(=O)/C(=C/c2ccccc2)c2ccccc2)cc1. The van der Waals surface area contributed by atoms with Crippen LogP contribution in [0.25, 0.3) is 11.6 Å². The lowest BCUT2D eigenvalue weighted by atomic mass is 10.0. The number of nitrogens with one attached hydrogen (secondary N) is 1. The minimum Gasteiger partial charge on any atom is -0.497 e. The number of amides is 1. The molecule has 3 heteroatoms. The van der Waals surface area contributed by atoms with Gasteiger partial charge in [0.15, 0.2) is 0 Å². The molecular weight excluding hydrogens is 334 g/mol. The van der Waals surface area contributed by atoms with Crippen molar-refractivity contribution in [1.82, 2.24) is 5.32 Å². The fourth-order valence-electron chi connectivity index (χ4n) is 2.86. The zero-order valence-electron chi connectivity index (χ0n) is 15.6. The van der Waals surface area contributed by atoms with Crippen LogP contribution in [0.2, 0.25) is 0 Å². The highest BCUT2D eigenvalue weighted by atomic mass is 16.5. The van der Waals surface area contributed by atoms with Gasteiger partial charge in [-0.05, 0) is 41.8 Å². The van der Waals surface area contributed by atoms with E-state index in [2.05, 4.69) is 5.32 Å². The van der Waals surface area contributed by atoms with Crippen molar-refractivity contribution in [3.8, 4) is 5.75 Å². The average molecular weight is 357 g/mol. The van der Waals surface area contributed by atoms with E-state index in [1.807, 2.05) is 97.9 Å². The maximum Gasteiger partial charge on any atom is 0.252 e. The first-order valence-electron chi connectivity index (χ1n) is 8.94. The molecule has 0 bridgehead atoms. The quantitative estimate of drug-likeness (QED) is 0.491. The van der Waals surface area contributed by atoms with E-state index in [1.165, 1.54) is 0 Å². The highest BCUT2D eigenvalue weighted by molar-refractivity contribution is 6.24. The lowest BCUT2D eigenvalue weighted by molar-refractivity contribution is -0.116. The van der Waals surface area contributed by atoms with E-state index in [0.29, 0.717) is 5.57 Å². The summed E-state index contributed by atoms with van der Waals surface area (Å²) >= 11 is 0. The Labute approximate surface area is 160 Å². The summed E-state index contributed by atoms with van der Waals surface area (Å²) in [7, 11) is 1.64. The maximum absolute atomic E-state index is 13.1. The molecule has 0 spiro atoms. The molecule has 3 aromatic carbocycles. The second-order valence-corrected chi connectivity index (χ2v) is 6.30. The van der Waals surface area contributed by atoms with Gasteiger partial charge in [-0.15, -0.1) is 0 Å². The van der Waals surface area contributed by atoms with Crippen molar-refractivity contribution in [3.05, 3.63) is 102 Å². The molecule has 0 fully saturated rings. The third-order valence-corrected chi connectivity index (χ3v) is 4.40. The lowest BCUT2D eigenvalue weighted by Crippen LogP contribution is -2.27. The Bertz CT molecular complexity index is 900. The van der Waals surface area contributed by atoms with Crippen molar-refractivity contribution in [2.45, 2.75) is 13.0 Å². The van der Waals surface area contributed by atoms with Crippen molar-refractivity contribution in [3.63, 3.8) is 0 Å². The molecule has 3 aromatic rings. The fourth-order valence-corrected chi connectivity index (χ4v) is 2.86. The number of carbonyl (C=O) groups is 1. The summed E-state index contributed by atoms with van der Waals surface area (Å²) < 4.78 is 5.20. The molecule has 3 rings (SSSR count). The van der Waals surface area contributed by atoms with Crippen LogP contribution in [-0.2, 0) is 4.79 Å². The number of rotatable bonds is 6. The second-order valence-electron chi connectivity index (χ2n) is 6.30. The molecule has 0 radical (unpaired) electrons. The van der Waals surface area contributed by atoms with Crippen LogP contribution in [0.4, 0.5) is 0 Å². The van der Waals surface area contributed by atoms with Gasteiger partial charge in [-0.3, -0.25) is 4.79 Å². The smallest absolute Gasteiger partial charge is 0.252 e. The molecule has 0 aliphatic carbocycles. The molecule has 1 amide bonds. The Morgan fingerprint density at radius 2 is 1.48 bits per heavy atom. The molecule has 0 saturated heterocycles.